The van der Waals surface area contributed by atoms with Crippen molar-refractivity contribution in [1.82, 2.24) is 4.57 Å². The smallest absolute Gasteiger partial charge is 0.285 e. The first kappa shape index (κ1) is 18.6. The molecule has 0 N–H and O–H groups in total. The number of thiazole rings is 1. The third-order valence-corrected chi connectivity index (χ3v) is 6.26. The summed E-state index contributed by atoms with van der Waals surface area (Å²) in [6.07, 6.45) is 0. The third kappa shape index (κ3) is 3.98. The quantitative estimate of drug-likeness (QED) is 0.580. The van der Waals surface area contributed by atoms with Gasteiger partial charge in [-0.15, -0.1) is 4.40 Å². The Balaban J connectivity index is 2.08. The van der Waals surface area contributed by atoms with Crippen LogP contribution >= 0.6 is 11.3 Å². The summed E-state index contributed by atoms with van der Waals surface area (Å²) in [4.78, 5) is 0.564. The van der Waals surface area contributed by atoms with Crippen LogP contribution in [-0.2, 0) is 21.3 Å². The molecule has 6 nitrogen and oxygen atoms in total. The second-order valence-electron chi connectivity index (χ2n) is 5.44. The van der Waals surface area contributed by atoms with Crippen molar-refractivity contribution >= 4 is 31.6 Å². The minimum atomic E-state index is -3.82. The summed E-state index contributed by atoms with van der Waals surface area (Å²) in [5, 5.41) is 0. The average molecular weight is 393 g/mol. The van der Waals surface area contributed by atoms with Crippen molar-refractivity contribution in [3.05, 3.63) is 53.3 Å². The fraction of sp³-hybridized carbons (Fsp3) is 0.278. The van der Waals surface area contributed by atoms with E-state index in [-0.39, 0.29) is 4.90 Å². The predicted molar refractivity (Wildman–Crippen MR) is 102 cm³/mol. The first-order valence-electron chi connectivity index (χ1n) is 8.16. The number of nitrogens with zero attached hydrogens (tertiary/aromatic N) is 2. The molecule has 2 aromatic carbocycles. The lowest BCUT2D eigenvalue weighted by atomic mass is 10.3. The van der Waals surface area contributed by atoms with Crippen LogP contribution in [0.15, 0.2) is 57.8 Å². The summed E-state index contributed by atoms with van der Waals surface area (Å²) in [5.74, 6) is 0.595. The zero-order chi connectivity index (χ0) is 18.6. The molecule has 3 aromatic rings. The van der Waals surface area contributed by atoms with Crippen molar-refractivity contribution in [2.45, 2.75) is 18.4 Å². The molecule has 0 aliphatic rings. The summed E-state index contributed by atoms with van der Waals surface area (Å²) >= 11 is 1.35. The van der Waals surface area contributed by atoms with Gasteiger partial charge in [-0.05, 0) is 43.3 Å². The van der Waals surface area contributed by atoms with Crippen LogP contribution in [0.1, 0.15) is 6.92 Å². The lowest BCUT2D eigenvalue weighted by Crippen LogP contribution is -2.19. The number of benzene rings is 2. The Morgan fingerprint density at radius 2 is 1.85 bits per heavy atom. The molecule has 0 atom stereocenters. The van der Waals surface area contributed by atoms with Gasteiger partial charge in [-0.25, -0.2) is 0 Å². The van der Waals surface area contributed by atoms with Gasteiger partial charge in [-0.3, -0.25) is 0 Å². The Labute approximate surface area is 156 Å². The molecular formula is C18H20N2O4S2. The maximum absolute atomic E-state index is 12.7. The molecule has 8 heteroatoms. The van der Waals surface area contributed by atoms with Crippen molar-refractivity contribution in [3.63, 3.8) is 0 Å². The number of rotatable bonds is 7. The van der Waals surface area contributed by atoms with Gasteiger partial charge in [0.05, 0.1) is 28.8 Å². The summed E-state index contributed by atoms with van der Waals surface area (Å²) in [7, 11) is -2.29. The molecule has 0 radical (unpaired) electrons. The minimum Gasteiger partial charge on any atom is -0.497 e. The van der Waals surface area contributed by atoms with Gasteiger partial charge in [-0.2, -0.15) is 8.42 Å². The zero-order valence-corrected chi connectivity index (χ0v) is 16.2. The van der Waals surface area contributed by atoms with E-state index in [0.717, 1.165) is 10.2 Å². The monoisotopic (exact) mass is 392 g/mol. The highest BCUT2D eigenvalue weighted by atomic mass is 32.2. The predicted octanol–water partition coefficient (Wildman–Crippen LogP) is 3.04. The van der Waals surface area contributed by atoms with Crippen LogP contribution in [-0.4, -0.2) is 33.3 Å². The number of ether oxygens (including phenoxy) is 2. The van der Waals surface area contributed by atoms with E-state index in [4.69, 9.17) is 9.47 Å². The van der Waals surface area contributed by atoms with Crippen LogP contribution in [0.3, 0.4) is 0 Å². The summed E-state index contributed by atoms with van der Waals surface area (Å²) < 4.78 is 42.9. The summed E-state index contributed by atoms with van der Waals surface area (Å²) in [6.45, 7) is 3.57. The highest BCUT2D eigenvalue weighted by molar-refractivity contribution is 7.90. The average Bonchev–Trinajstić information content (AvgIpc) is 2.98. The van der Waals surface area contributed by atoms with E-state index >= 15 is 0 Å². The second kappa shape index (κ2) is 8.03. The maximum atomic E-state index is 12.7. The van der Waals surface area contributed by atoms with Gasteiger partial charge in [0.2, 0.25) is 4.80 Å². The SMILES string of the molecule is CCOCCn1/c(=N/S(=O)(=O)c2ccc(OC)cc2)sc2ccccc21. The lowest BCUT2D eigenvalue weighted by Gasteiger charge is -2.05. The third-order valence-electron chi connectivity index (χ3n) is 3.81. The largest absolute Gasteiger partial charge is 0.497 e. The van der Waals surface area contributed by atoms with E-state index in [1.165, 1.54) is 30.6 Å². The van der Waals surface area contributed by atoms with E-state index < -0.39 is 10.0 Å². The summed E-state index contributed by atoms with van der Waals surface area (Å²) in [5.41, 5.74) is 0.945. The first-order valence-corrected chi connectivity index (χ1v) is 10.4. The van der Waals surface area contributed by atoms with Crippen molar-refractivity contribution in [2.75, 3.05) is 20.3 Å². The van der Waals surface area contributed by atoms with Crippen LogP contribution in [0, 0.1) is 0 Å². The number of hydrogen-bond donors (Lipinski definition) is 0. The molecule has 0 fully saturated rings. The van der Waals surface area contributed by atoms with Gasteiger partial charge in [0.25, 0.3) is 10.0 Å². The lowest BCUT2D eigenvalue weighted by molar-refractivity contribution is 0.139. The van der Waals surface area contributed by atoms with Gasteiger partial charge in [0, 0.05) is 13.2 Å². The van der Waals surface area contributed by atoms with Gasteiger partial charge >= 0.3 is 0 Å². The first-order chi connectivity index (χ1) is 12.5. The molecule has 3 rings (SSSR count). The van der Waals surface area contributed by atoms with Crippen LogP contribution < -0.4 is 9.54 Å². The van der Waals surface area contributed by atoms with Crippen LogP contribution in [0.2, 0.25) is 0 Å². The normalized spacial score (nSPS) is 12.6. The van der Waals surface area contributed by atoms with Gasteiger partial charge in [0.1, 0.15) is 5.75 Å². The number of methoxy groups -OCH3 is 1. The molecule has 0 bridgehead atoms. The van der Waals surface area contributed by atoms with Crippen molar-refractivity contribution in [3.8, 4) is 5.75 Å². The molecule has 26 heavy (non-hydrogen) atoms. The number of hydrogen-bond acceptors (Lipinski definition) is 5. The van der Waals surface area contributed by atoms with E-state index in [2.05, 4.69) is 4.40 Å². The Hall–Kier alpha value is -2.16. The number of aromatic nitrogens is 1. The van der Waals surface area contributed by atoms with Crippen molar-refractivity contribution < 1.29 is 17.9 Å². The molecule has 1 aromatic heterocycles. The molecule has 138 valence electrons. The summed E-state index contributed by atoms with van der Waals surface area (Å²) in [6, 6.07) is 14.0. The van der Waals surface area contributed by atoms with E-state index in [1.807, 2.05) is 35.8 Å². The standard InChI is InChI=1S/C18H20N2O4S2/c1-3-24-13-12-20-16-6-4-5-7-17(16)25-18(20)19-26(21,22)15-10-8-14(23-2)9-11-15/h4-11H,3,12-13H2,1-2H3/b19-18-. The van der Waals surface area contributed by atoms with Gasteiger partial charge in [-0.1, -0.05) is 23.5 Å². The highest BCUT2D eigenvalue weighted by Crippen LogP contribution is 2.19. The van der Waals surface area contributed by atoms with E-state index in [1.54, 1.807) is 12.1 Å². The number of para-hydroxylation sites is 1. The molecule has 0 amide bonds. The van der Waals surface area contributed by atoms with Crippen LogP contribution in [0.25, 0.3) is 10.2 Å². The second-order valence-corrected chi connectivity index (χ2v) is 8.06. The van der Waals surface area contributed by atoms with Crippen molar-refractivity contribution in [2.24, 2.45) is 4.40 Å². The van der Waals surface area contributed by atoms with Crippen LogP contribution in [0.4, 0.5) is 0 Å². The molecule has 0 aliphatic heterocycles. The Kier molecular flexibility index (Phi) is 5.75. The Morgan fingerprint density at radius 1 is 1.12 bits per heavy atom. The zero-order valence-electron chi connectivity index (χ0n) is 14.6. The van der Waals surface area contributed by atoms with Crippen LogP contribution in [0.5, 0.6) is 5.75 Å². The minimum absolute atomic E-state index is 0.132. The Morgan fingerprint density at radius 3 is 2.54 bits per heavy atom. The number of sulfonamides is 1. The van der Waals surface area contributed by atoms with Gasteiger partial charge < -0.3 is 14.0 Å². The van der Waals surface area contributed by atoms with E-state index in [0.29, 0.717) is 30.3 Å². The highest BCUT2D eigenvalue weighted by Gasteiger charge is 2.15. The molecule has 0 unspecified atom stereocenters. The molecule has 0 saturated heterocycles. The van der Waals surface area contributed by atoms with Crippen molar-refractivity contribution in [1.29, 1.82) is 0 Å². The molecule has 0 aliphatic carbocycles. The fourth-order valence-electron chi connectivity index (χ4n) is 2.51. The van der Waals surface area contributed by atoms with Gasteiger partial charge in [0.15, 0.2) is 0 Å². The number of fused-ring (bicyclic) bond motifs is 1. The molecule has 0 spiro atoms. The molecule has 0 saturated carbocycles. The maximum Gasteiger partial charge on any atom is 0.285 e. The molecule has 1 heterocycles. The van der Waals surface area contributed by atoms with E-state index in [9.17, 15) is 8.42 Å². The Bertz CT molecular complexity index is 1050. The molecular weight excluding hydrogens is 372 g/mol. The topological polar surface area (TPSA) is 69.9 Å². The fourth-order valence-corrected chi connectivity index (χ4v) is 4.77.